The summed E-state index contributed by atoms with van der Waals surface area (Å²) < 4.78 is 4.68. The van der Waals surface area contributed by atoms with Crippen molar-refractivity contribution in [2.45, 2.75) is 13.5 Å². The zero-order chi connectivity index (χ0) is 15.4. The lowest BCUT2D eigenvalue weighted by Crippen LogP contribution is -2.05. The number of phenols is 1. The first-order valence-electron chi connectivity index (χ1n) is 6.42. The molecule has 0 aromatic heterocycles. The van der Waals surface area contributed by atoms with Crippen LogP contribution >= 0.6 is 11.6 Å². The summed E-state index contributed by atoms with van der Waals surface area (Å²) in [5, 5.41) is 13.5. The molecule has 0 aliphatic heterocycles. The number of esters is 1. The number of hydrogen-bond donors (Lipinski definition) is 2. The average molecular weight is 306 g/mol. The highest BCUT2D eigenvalue weighted by molar-refractivity contribution is 6.33. The molecule has 0 saturated heterocycles. The van der Waals surface area contributed by atoms with Gasteiger partial charge >= 0.3 is 5.97 Å². The molecule has 0 heterocycles. The minimum Gasteiger partial charge on any atom is -0.507 e. The van der Waals surface area contributed by atoms with E-state index < -0.39 is 5.97 Å². The molecule has 0 spiro atoms. The van der Waals surface area contributed by atoms with Crippen molar-refractivity contribution in [1.29, 1.82) is 0 Å². The van der Waals surface area contributed by atoms with Crippen molar-refractivity contribution in [3.63, 3.8) is 0 Å². The molecule has 21 heavy (non-hydrogen) atoms. The first-order valence-corrected chi connectivity index (χ1v) is 6.80. The van der Waals surface area contributed by atoms with Crippen LogP contribution in [0, 0.1) is 6.92 Å². The fourth-order valence-electron chi connectivity index (χ4n) is 1.96. The van der Waals surface area contributed by atoms with Gasteiger partial charge in [0, 0.05) is 17.8 Å². The fraction of sp³-hybridized carbons (Fsp3) is 0.188. The van der Waals surface area contributed by atoms with Gasteiger partial charge in [-0.15, -0.1) is 0 Å². The third-order valence-corrected chi connectivity index (χ3v) is 3.51. The van der Waals surface area contributed by atoms with E-state index in [2.05, 4.69) is 10.1 Å². The molecular formula is C16H16ClNO3. The highest BCUT2D eigenvalue weighted by atomic mass is 35.5. The molecule has 0 atom stereocenters. The zero-order valence-corrected chi connectivity index (χ0v) is 12.6. The highest BCUT2D eigenvalue weighted by Crippen LogP contribution is 2.24. The summed E-state index contributed by atoms with van der Waals surface area (Å²) in [4.78, 5) is 11.6. The maximum Gasteiger partial charge on any atom is 0.339 e. The number of aryl methyl sites for hydroxylation is 1. The number of carbonyl (C=O) groups excluding carboxylic acids is 1. The van der Waals surface area contributed by atoms with Gasteiger partial charge in [0.05, 0.1) is 17.7 Å². The Morgan fingerprint density at radius 1 is 1.33 bits per heavy atom. The van der Waals surface area contributed by atoms with Gasteiger partial charge in [-0.1, -0.05) is 29.8 Å². The first kappa shape index (κ1) is 15.2. The number of methoxy groups -OCH3 is 1. The van der Waals surface area contributed by atoms with E-state index in [4.69, 9.17) is 11.6 Å². The predicted octanol–water partition coefficient (Wildman–Crippen LogP) is 3.75. The van der Waals surface area contributed by atoms with Crippen LogP contribution in [0.3, 0.4) is 0 Å². The van der Waals surface area contributed by atoms with Crippen LogP contribution < -0.4 is 5.32 Å². The number of rotatable bonds is 4. The number of aromatic hydroxyl groups is 1. The second-order valence-corrected chi connectivity index (χ2v) is 5.03. The largest absolute Gasteiger partial charge is 0.507 e. The topological polar surface area (TPSA) is 58.6 Å². The van der Waals surface area contributed by atoms with Gasteiger partial charge in [0.2, 0.25) is 0 Å². The van der Waals surface area contributed by atoms with E-state index in [1.165, 1.54) is 7.11 Å². The second kappa shape index (κ2) is 6.50. The van der Waals surface area contributed by atoms with Crippen LogP contribution in [0.1, 0.15) is 21.5 Å². The summed E-state index contributed by atoms with van der Waals surface area (Å²) >= 11 is 5.96. The van der Waals surface area contributed by atoms with Gasteiger partial charge in [0.25, 0.3) is 0 Å². The molecule has 110 valence electrons. The SMILES string of the molecule is COC(=O)c1cc(NCc2cccc(C)c2O)ccc1Cl. The van der Waals surface area contributed by atoms with Gasteiger partial charge in [0.15, 0.2) is 0 Å². The summed E-state index contributed by atoms with van der Waals surface area (Å²) in [6.07, 6.45) is 0. The molecule has 0 amide bonds. The van der Waals surface area contributed by atoms with Crippen molar-refractivity contribution in [1.82, 2.24) is 0 Å². The lowest BCUT2D eigenvalue weighted by Gasteiger charge is -2.11. The van der Waals surface area contributed by atoms with Crippen molar-refractivity contribution in [3.05, 3.63) is 58.1 Å². The van der Waals surface area contributed by atoms with Crippen LogP contribution in [0.15, 0.2) is 36.4 Å². The van der Waals surface area contributed by atoms with E-state index in [0.29, 0.717) is 17.1 Å². The Labute approximate surface area is 128 Å². The summed E-state index contributed by atoms with van der Waals surface area (Å²) in [6, 6.07) is 10.6. The molecule has 0 aliphatic carbocycles. The van der Waals surface area contributed by atoms with Crippen LogP contribution in [-0.2, 0) is 11.3 Å². The predicted molar refractivity (Wildman–Crippen MR) is 83.0 cm³/mol. The number of halogens is 1. The number of carbonyl (C=O) groups is 1. The van der Waals surface area contributed by atoms with Gasteiger partial charge in [-0.3, -0.25) is 0 Å². The normalized spacial score (nSPS) is 10.2. The Morgan fingerprint density at radius 2 is 2.10 bits per heavy atom. The molecule has 0 bridgehead atoms. The van der Waals surface area contributed by atoms with Crippen LogP contribution in [0.2, 0.25) is 5.02 Å². The van der Waals surface area contributed by atoms with Crippen LogP contribution in [0.25, 0.3) is 0 Å². The maximum atomic E-state index is 11.6. The molecular weight excluding hydrogens is 290 g/mol. The van der Waals surface area contributed by atoms with Gasteiger partial charge in [-0.25, -0.2) is 4.79 Å². The Morgan fingerprint density at radius 3 is 2.81 bits per heavy atom. The van der Waals surface area contributed by atoms with Gasteiger partial charge in [0.1, 0.15) is 5.75 Å². The van der Waals surface area contributed by atoms with E-state index in [-0.39, 0.29) is 5.75 Å². The summed E-state index contributed by atoms with van der Waals surface area (Å²) in [5.41, 5.74) is 2.63. The Bertz CT molecular complexity index is 671. The molecule has 0 aliphatic rings. The van der Waals surface area contributed by atoms with Crippen molar-refractivity contribution in [2.75, 3.05) is 12.4 Å². The number of nitrogens with one attached hydrogen (secondary N) is 1. The molecule has 0 unspecified atom stereocenters. The van der Waals surface area contributed by atoms with Crippen LogP contribution in [0.4, 0.5) is 5.69 Å². The first-order chi connectivity index (χ1) is 10.0. The Balaban J connectivity index is 2.17. The van der Waals surface area contributed by atoms with Crippen molar-refractivity contribution < 1.29 is 14.6 Å². The van der Waals surface area contributed by atoms with Gasteiger partial charge < -0.3 is 15.2 Å². The summed E-state index contributed by atoms with van der Waals surface area (Å²) in [7, 11) is 1.31. The van der Waals surface area contributed by atoms with Crippen molar-refractivity contribution in [2.24, 2.45) is 0 Å². The minimum absolute atomic E-state index is 0.271. The molecule has 4 nitrogen and oxygen atoms in total. The van der Waals surface area contributed by atoms with E-state index in [1.807, 2.05) is 25.1 Å². The number of phenolic OH excluding ortho intramolecular Hbond substituents is 1. The summed E-state index contributed by atoms with van der Waals surface area (Å²) in [5.74, 6) is -0.214. The highest BCUT2D eigenvalue weighted by Gasteiger charge is 2.11. The molecule has 0 radical (unpaired) electrons. The zero-order valence-electron chi connectivity index (χ0n) is 11.8. The van der Waals surface area contributed by atoms with E-state index in [9.17, 15) is 9.90 Å². The van der Waals surface area contributed by atoms with Crippen molar-refractivity contribution >= 4 is 23.3 Å². The Hall–Kier alpha value is -2.20. The second-order valence-electron chi connectivity index (χ2n) is 4.62. The fourth-order valence-corrected chi connectivity index (χ4v) is 2.16. The van der Waals surface area contributed by atoms with Gasteiger partial charge in [-0.05, 0) is 30.7 Å². The van der Waals surface area contributed by atoms with Crippen LogP contribution in [-0.4, -0.2) is 18.2 Å². The quantitative estimate of drug-likeness (QED) is 0.845. The molecule has 2 aromatic rings. The number of anilines is 1. The van der Waals surface area contributed by atoms with Crippen molar-refractivity contribution in [3.8, 4) is 5.75 Å². The standard InChI is InChI=1S/C16H16ClNO3/c1-10-4-3-5-11(15(10)19)9-18-12-6-7-14(17)13(8-12)16(20)21-2/h3-8,18-19H,9H2,1-2H3. The average Bonchev–Trinajstić information content (AvgIpc) is 2.49. The summed E-state index contributed by atoms with van der Waals surface area (Å²) in [6.45, 7) is 2.28. The molecule has 2 N–H and O–H groups in total. The van der Waals surface area contributed by atoms with E-state index in [0.717, 1.165) is 16.8 Å². The number of ether oxygens (including phenoxy) is 1. The molecule has 5 heteroatoms. The lowest BCUT2D eigenvalue weighted by molar-refractivity contribution is 0.0601. The van der Waals surface area contributed by atoms with Gasteiger partial charge in [-0.2, -0.15) is 0 Å². The Kier molecular flexibility index (Phi) is 4.70. The monoisotopic (exact) mass is 305 g/mol. The lowest BCUT2D eigenvalue weighted by atomic mass is 10.1. The number of hydrogen-bond acceptors (Lipinski definition) is 4. The minimum atomic E-state index is -0.484. The third-order valence-electron chi connectivity index (χ3n) is 3.18. The molecule has 2 rings (SSSR count). The smallest absolute Gasteiger partial charge is 0.339 e. The molecule has 0 fully saturated rings. The number of para-hydroxylation sites is 1. The third kappa shape index (κ3) is 3.47. The number of benzene rings is 2. The molecule has 2 aromatic carbocycles. The van der Waals surface area contributed by atoms with E-state index >= 15 is 0 Å². The van der Waals surface area contributed by atoms with Crippen LogP contribution in [0.5, 0.6) is 5.75 Å². The molecule has 0 saturated carbocycles. The van der Waals surface area contributed by atoms with E-state index in [1.54, 1.807) is 18.2 Å². The maximum absolute atomic E-state index is 11.6.